The first-order valence-electron chi connectivity index (χ1n) is 9.73. The minimum absolute atomic E-state index is 0.0993. The van der Waals surface area contributed by atoms with Crippen LogP contribution >= 0.6 is 0 Å². The van der Waals surface area contributed by atoms with Gasteiger partial charge in [0.05, 0.1) is 5.41 Å². The molecule has 5 aliphatic rings. The van der Waals surface area contributed by atoms with E-state index in [2.05, 4.69) is 13.0 Å². The van der Waals surface area contributed by atoms with Gasteiger partial charge in [0.15, 0.2) is 0 Å². The van der Waals surface area contributed by atoms with E-state index in [1.54, 1.807) is 0 Å². The van der Waals surface area contributed by atoms with Crippen LogP contribution in [-0.2, 0) is 19.5 Å². The molecule has 0 amide bonds. The molecule has 2 N–H and O–H groups in total. The summed E-state index contributed by atoms with van der Waals surface area (Å²) in [5, 5.41) is 19.3. The number of carboxylic acid groups (broad SMARTS) is 1. The zero-order valence-corrected chi connectivity index (χ0v) is 16.1. The summed E-state index contributed by atoms with van der Waals surface area (Å²) in [5.41, 5.74) is -1.24. The molecule has 0 unspecified atom stereocenters. The predicted octanol–water partition coefficient (Wildman–Crippen LogP) is 3.96. The second-order valence-corrected chi connectivity index (χ2v) is 9.79. The number of hydrogen-bond donors (Lipinski definition) is 2. The molecule has 2 saturated carbocycles. The molecule has 6 nitrogen and oxygen atoms in total. The average molecular weight is 366 g/mol. The minimum atomic E-state index is -0.827. The van der Waals surface area contributed by atoms with Crippen molar-refractivity contribution in [3.63, 3.8) is 0 Å². The zero-order chi connectivity index (χ0) is 19.0. The van der Waals surface area contributed by atoms with Gasteiger partial charge in [-0.3, -0.25) is 10.1 Å². The van der Waals surface area contributed by atoms with Crippen LogP contribution in [0.15, 0.2) is 11.6 Å². The summed E-state index contributed by atoms with van der Waals surface area (Å²) >= 11 is 0. The van der Waals surface area contributed by atoms with Crippen molar-refractivity contribution in [2.45, 2.75) is 83.5 Å². The molecule has 0 radical (unpaired) electrons. The van der Waals surface area contributed by atoms with Gasteiger partial charge in [-0.2, -0.15) is 0 Å². The second-order valence-electron chi connectivity index (χ2n) is 9.79. The SMILES string of the molecule is CC(C)(OO)C1=C[C@@]23CC[C@@H]4[C@@](C)(CCC[C@@]4(C)C(=O)O)[C@H]2C[C@@H]1OO3. The molecule has 3 fully saturated rings. The van der Waals surface area contributed by atoms with E-state index in [9.17, 15) is 15.2 Å². The summed E-state index contributed by atoms with van der Waals surface area (Å²) in [5.74, 6) is -0.322. The van der Waals surface area contributed by atoms with Crippen molar-refractivity contribution in [2.24, 2.45) is 22.7 Å². The maximum atomic E-state index is 12.1. The fourth-order valence-electron chi connectivity index (χ4n) is 6.65. The van der Waals surface area contributed by atoms with Crippen LogP contribution in [0.5, 0.6) is 0 Å². The predicted molar refractivity (Wildman–Crippen MR) is 93.1 cm³/mol. The Morgan fingerprint density at radius 2 is 2.00 bits per heavy atom. The third-order valence-electron chi connectivity index (χ3n) is 8.11. The summed E-state index contributed by atoms with van der Waals surface area (Å²) in [6.07, 6.45) is 6.85. The summed E-state index contributed by atoms with van der Waals surface area (Å²) in [6.45, 7) is 7.83. The summed E-state index contributed by atoms with van der Waals surface area (Å²) in [7, 11) is 0. The van der Waals surface area contributed by atoms with Gasteiger partial charge in [-0.15, -0.1) is 0 Å². The largest absolute Gasteiger partial charge is 0.481 e. The first kappa shape index (κ1) is 18.4. The molecule has 0 aromatic heterocycles. The summed E-state index contributed by atoms with van der Waals surface area (Å²) < 4.78 is 0. The van der Waals surface area contributed by atoms with Gasteiger partial charge >= 0.3 is 5.97 Å². The highest BCUT2D eigenvalue weighted by molar-refractivity contribution is 5.75. The molecular formula is C20H30O6. The van der Waals surface area contributed by atoms with Crippen LogP contribution < -0.4 is 0 Å². The molecule has 0 aromatic rings. The van der Waals surface area contributed by atoms with E-state index in [-0.39, 0.29) is 23.4 Å². The molecule has 0 aromatic carbocycles. The van der Waals surface area contributed by atoms with E-state index in [4.69, 9.17) is 14.7 Å². The first-order chi connectivity index (χ1) is 12.1. The quantitative estimate of drug-likeness (QED) is 0.447. The molecule has 146 valence electrons. The monoisotopic (exact) mass is 366 g/mol. The average Bonchev–Trinajstić information content (AvgIpc) is 2.61. The van der Waals surface area contributed by atoms with E-state index in [0.717, 1.165) is 44.1 Å². The molecule has 6 heteroatoms. The maximum absolute atomic E-state index is 12.1. The lowest BCUT2D eigenvalue weighted by molar-refractivity contribution is -0.438. The smallest absolute Gasteiger partial charge is 0.309 e. The van der Waals surface area contributed by atoms with Gasteiger partial charge in [-0.05, 0) is 75.9 Å². The Bertz CT molecular complexity index is 657. The fraction of sp³-hybridized carbons (Fsp3) is 0.850. The molecule has 5 rings (SSSR count). The third-order valence-corrected chi connectivity index (χ3v) is 8.11. The van der Waals surface area contributed by atoms with Crippen LogP contribution in [0.3, 0.4) is 0 Å². The van der Waals surface area contributed by atoms with Gasteiger partial charge in [0, 0.05) is 5.92 Å². The number of rotatable bonds is 3. The second kappa shape index (κ2) is 5.53. The number of carbonyl (C=O) groups is 1. The van der Waals surface area contributed by atoms with Gasteiger partial charge in [-0.1, -0.05) is 13.3 Å². The minimum Gasteiger partial charge on any atom is -0.481 e. The van der Waals surface area contributed by atoms with Crippen molar-refractivity contribution in [1.82, 2.24) is 0 Å². The van der Waals surface area contributed by atoms with E-state index in [0.29, 0.717) is 0 Å². The molecular weight excluding hydrogens is 336 g/mol. The number of fused-ring (bicyclic) bond motifs is 2. The van der Waals surface area contributed by atoms with E-state index in [1.165, 1.54) is 0 Å². The molecule has 2 bridgehead atoms. The number of aliphatic carboxylic acids is 1. The Labute approximate surface area is 154 Å². The van der Waals surface area contributed by atoms with Gasteiger partial charge < -0.3 is 5.11 Å². The van der Waals surface area contributed by atoms with Crippen LogP contribution in [0.1, 0.15) is 66.2 Å². The highest BCUT2D eigenvalue weighted by Crippen LogP contribution is 2.67. The molecule has 1 spiro atoms. The van der Waals surface area contributed by atoms with Crippen molar-refractivity contribution < 1.29 is 29.8 Å². The highest BCUT2D eigenvalue weighted by atomic mass is 17.2. The maximum Gasteiger partial charge on any atom is 0.309 e. The van der Waals surface area contributed by atoms with Crippen LogP contribution in [0, 0.1) is 22.7 Å². The van der Waals surface area contributed by atoms with E-state index < -0.39 is 22.6 Å². The molecule has 1 saturated heterocycles. The summed E-state index contributed by atoms with van der Waals surface area (Å²) in [4.78, 5) is 28.4. The number of carboxylic acids is 1. The van der Waals surface area contributed by atoms with Crippen LogP contribution in [0.25, 0.3) is 0 Å². The molecule has 26 heavy (non-hydrogen) atoms. The Kier molecular flexibility index (Phi) is 3.92. The first-order valence-corrected chi connectivity index (χ1v) is 9.73. The van der Waals surface area contributed by atoms with E-state index >= 15 is 0 Å². The lowest BCUT2D eigenvalue weighted by Gasteiger charge is -2.65. The Balaban J connectivity index is 1.76. The van der Waals surface area contributed by atoms with Crippen molar-refractivity contribution >= 4 is 5.97 Å². The highest BCUT2D eigenvalue weighted by Gasteiger charge is 2.67. The zero-order valence-electron chi connectivity index (χ0n) is 16.1. The van der Waals surface area contributed by atoms with Crippen LogP contribution in [-0.4, -0.2) is 33.6 Å². The van der Waals surface area contributed by atoms with E-state index in [1.807, 2.05) is 20.8 Å². The Hall–Kier alpha value is -0.950. The normalized spacial score (nSPS) is 47.7. The molecule has 6 atom stereocenters. The Morgan fingerprint density at radius 3 is 2.65 bits per heavy atom. The topological polar surface area (TPSA) is 85.2 Å². The standard InChI is InChI=1S/C20H30O6/c1-17(2,25-23)12-11-20-9-6-14-18(3,15(20)10-13(12)24-26-20)7-5-8-19(14,4)16(21)22/h11,13-15,23H,5-10H2,1-4H3,(H,21,22)/t13-,14+,15+,18+,19+,20-/m0/s1. The molecule has 3 aliphatic carbocycles. The van der Waals surface area contributed by atoms with Crippen molar-refractivity contribution in [2.75, 3.05) is 0 Å². The third kappa shape index (κ3) is 2.22. The lowest BCUT2D eigenvalue weighted by atomic mass is 9.43. The van der Waals surface area contributed by atoms with Crippen molar-refractivity contribution in [1.29, 1.82) is 0 Å². The van der Waals surface area contributed by atoms with Gasteiger partial charge in [0.2, 0.25) is 0 Å². The number of hydrogen-bond acceptors (Lipinski definition) is 5. The molecule has 2 heterocycles. The summed E-state index contributed by atoms with van der Waals surface area (Å²) in [6, 6.07) is 0. The van der Waals surface area contributed by atoms with Crippen LogP contribution in [0.4, 0.5) is 0 Å². The molecule has 2 aliphatic heterocycles. The van der Waals surface area contributed by atoms with Crippen molar-refractivity contribution in [3.05, 3.63) is 11.6 Å². The fourth-order valence-corrected chi connectivity index (χ4v) is 6.65. The van der Waals surface area contributed by atoms with Crippen LogP contribution in [0.2, 0.25) is 0 Å². The van der Waals surface area contributed by atoms with Gasteiger partial charge in [-0.25, -0.2) is 14.7 Å². The van der Waals surface area contributed by atoms with Crippen molar-refractivity contribution in [3.8, 4) is 0 Å². The van der Waals surface area contributed by atoms with Gasteiger partial charge in [0.1, 0.15) is 17.3 Å². The Morgan fingerprint density at radius 1 is 1.27 bits per heavy atom. The lowest BCUT2D eigenvalue weighted by Crippen LogP contribution is -2.65. The van der Waals surface area contributed by atoms with Gasteiger partial charge in [0.25, 0.3) is 0 Å².